The van der Waals surface area contributed by atoms with Gasteiger partial charge in [-0.2, -0.15) is 8.78 Å². The lowest BCUT2D eigenvalue weighted by Crippen LogP contribution is -2.40. The normalized spacial score (nSPS) is 15.2. The van der Waals surface area contributed by atoms with Gasteiger partial charge in [0, 0.05) is 22.7 Å². The first-order chi connectivity index (χ1) is 18.3. The second kappa shape index (κ2) is 11.2. The standard InChI is InChI=1S/C27H33ClF2N4O5/c1-14(18-8-16(31)9-20(24(18)28)27(29,30)26(3,4)35)32-25-19-10-23(39-7-6-38-17-12-37-13-17)22(36-5)11-21(19)33-15(2)34-25/h8-11,14,17,35H,6-7,12-13,31H2,1-5H3,(H,32,33,34). The number of anilines is 2. The molecule has 0 bridgehead atoms. The smallest absolute Gasteiger partial charge is 0.302 e. The van der Waals surface area contributed by atoms with E-state index >= 15 is 8.78 Å². The van der Waals surface area contributed by atoms with Crippen LogP contribution in [0.25, 0.3) is 10.9 Å². The predicted octanol–water partition coefficient (Wildman–Crippen LogP) is 5.01. The highest BCUT2D eigenvalue weighted by Crippen LogP contribution is 2.45. The molecule has 212 valence electrons. The van der Waals surface area contributed by atoms with Gasteiger partial charge in [-0.1, -0.05) is 11.6 Å². The molecule has 4 rings (SSSR count). The number of rotatable bonds is 11. The molecular weight excluding hydrogens is 534 g/mol. The average molecular weight is 567 g/mol. The Labute approximate surface area is 230 Å². The number of methoxy groups -OCH3 is 1. The van der Waals surface area contributed by atoms with Gasteiger partial charge in [0.15, 0.2) is 11.5 Å². The van der Waals surface area contributed by atoms with Crippen molar-refractivity contribution in [3.8, 4) is 11.5 Å². The quantitative estimate of drug-likeness (QED) is 0.217. The van der Waals surface area contributed by atoms with Gasteiger partial charge in [-0.15, -0.1) is 0 Å². The van der Waals surface area contributed by atoms with E-state index in [1.807, 2.05) is 0 Å². The van der Waals surface area contributed by atoms with Crippen LogP contribution in [0.4, 0.5) is 20.3 Å². The van der Waals surface area contributed by atoms with Gasteiger partial charge in [0.1, 0.15) is 30.0 Å². The van der Waals surface area contributed by atoms with Gasteiger partial charge in [0.2, 0.25) is 0 Å². The first-order valence-corrected chi connectivity index (χ1v) is 12.8. The van der Waals surface area contributed by atoms with E-state index in [0.717, 1.165) is 19.9 Å². The van der Waals surface area contributed by atoms with E-state index in [4.69, 9.17) is 36.3 Å². The highest BCUT2D eigenvalue weighted by atomic mass is 35.5. The van der Waals surface area contributed by atoms with Crippen molar-refractivity contribution in [2.75, 3.05) is 44.6 Å². The molecule has 9 nitrogen and oxygen atoms in total. The van der Waals surface area contributed by atoms with E-state index in [0.29, 0.717) is 66.0 Å². The molecule has 1 aromatic heterocycles. The number of hydrogen-bond donors (Lipinski definition) is 3. The van der Waals surface area contributed by atoms with Crippen LogP contribution in [-0.2, 0) is 15.4 Å². The molecular formula is C27H33ClF2N4O5. The third-order valence-electron chi connectivity index (χ3n) is 6.44. The SMILES string of the molecule is COc1cc2nc(C)nc(NC(C)c3cc(N)cc(C(F)(F)C(C)(C)O)c3Cl)c2cc1OCCOC1COC1. The van der Waals surface area contributed by atoms with Crippen molar-refractivity contribution in [1.82, 2.24) is 9.97 Å². The monoisotopic (exact) mass is 566 g/mol. The van der Waals surface area contributed by atoms with Gasteiger partial charge in [-0.25, -0.2) is 9.97 Å². The van der Waals surface area contributed by atoms with Crippen molar-refractivity contribution < 1.29 is 32.8 Å². The number of aryl methyl sites for hydroxylation is 1. The van der Waals surface area contributed by atoms with Crippen LogP contribution in [0.1, 0.15) is 43.8 Å². The summed E-state index contributed by atoms with van der Waals surface area (Å²) in [6, 6.07) is 5.50. The fraction of sp³-hybridized carbons (Fsp3) is 0.481. The molecule has 0 amide bonds. The van der Waals surface area contributed by atoms with Crippen LogP contribution < -0.4 is 20.5 Å². The number of ether oxygens (including phenoxy) is 4. The van der Waals surface area contributed by atoms with Crippen molar-refractivity contribution in [2.45, 2.75) is 51.4 Å². The molecule has 3 aromatic rings. The van der Waals surface area contributed by atoms with Gasteiger partial charge in [-0.3, -0.25) is 0 Å². The van der Waals surface area contributed by atoms with E-state index < -0.39 is 23.1 Å². The third kappa shape index (κ3) is 6.11. The van der Waals surface area contributed by atoms with Crippen LogP contribution in [0.3, 0.4) is 0 Å². The van der Waals surface area contributed by atoms with Gasteiger partial charge < -0.3 is 35.1 Å². The van der Waals surface area contributed by atoms with Crippen molar-refractivity contribution in [1.29, 1.82) is 0 Å². The molecule has 1 unspecified atom stereocenters. The van der Waals surface area contributed by atoms with Gasteiger partial charge in [0.05, 0.1) is 43.5 Å². The summed E-state index contributed by atoms with van der Waals surface area (Å²) >= 11 is 6.48. The zero-order valence-electron chi connectivity index (χ0n) is 22.5. The fourth-order valence-electron chi connectivity index (χ4n) is 4.14. The summed E-state index contributed by atoms with van der Waals surface area (Å²) in [5, 5.41) is 13.8. The number of alkyl halides is 2. The van der Waals surface area contributed by atoms with E-state index in [9.17, 15) is 5.11 Å². The minimum absolute atomic E-state index is 0.0850. The molecule has 2 aromatic carbocycles. The van der Waals surface area contributed by atoms with Crippen molar-refractivity contribution in [3.05, 3.63) is 46.2 Å². The molecule has 0 radical (unpaired) electrons. The summed E-state index contributed by atoms with van der Waals surface area (Å²) in [5.74, 6) is -1.77. The number of nitrogens with two attached hydrogens (primary N) is 1. The summed E-state index contributed by atoms with van der Waals surface area (Å²) < 4.78 is 52.3. The van der Waals surface area contributed by atoms with E-state index in [1.165, 1.54) is 13.2 Å². The summed E-state index contributed by atoms with van der Waals surface area (Å²) in [6.07, 6.45) is 0.0866. The van der Waals surface area contributed by atoms with Crippen molar-refractivity contribution in [2.24, 2.45) is 0 Å². The topological polar surface area (TPSA) is 121 Å². The second-order valence-corrected chi connectivity index (χ2v) is 10.4. The molecule has 1 atom stereocenters. The Bertz CT molecular complexity index is 1350. The largest absolute Gasteiger partial charge is 0.493 e. The summed E-state index contributed by atoms with van der Waals surface area (Å²) in [5.41, 5.74) is 4.07. The first-order valence-electron chi connectivity index (χ1n) is 12.5. The third-order valence-corrected chi connectivity index (χ3v) is 6.87. The molecule has 1 fully saturated rings. The Morgan fingerprint density at radius 1 is 1.18 bits per heavy atom. The molecule has 1 aliphatic rings. The maximum Gasteiger partial charge on any atom is 0.302 e. The number of hydrogen-bond acceptors (Lipinski definition) is 9. The molecule has 0 saturated carbocycles. The number of benzene rings is 2. The fourth-order valence-corrected chi connectivity index (χ4v) is 4.53. The van der Waals surface area contributed by atoms with Gasteiger partial charge in [0.25, 0.3) is 0 Å². The second-order valence-electron chi connectivity index (χ2n) is 9.99. The van der Waals surface area contributed by atoms with Crippen LogP contribution in [0.5, 0.6) is 11.5 Å². The summed E-state index contributed by atoms with van der Waals surface area (Å²) in [4.78, 5) is 9.06. The molecule has 12 heteroatoms. The minimum atomic E-state index is -3.65. The highest BCUT2D eigenvalue weighted by molar-refractivity contribution is 6.32. The molecule has 1 aliphatic heterocycles. The summed E-state index contributed by atoms with van der Waals surface area (Å²) in [7, 11) is 1.54. The van der Waals surface area contributed by atoms with Crippen LogP contribution in [0.15, 0.2) is 24.3 Å². The predicted molar refractivity (Wildman–Crippen MR) is 145 cm³/mol. The Hall–Kier alpha value is -2.99. The van der Waals surface area contributed by atoms with Crippen LogP contribution >= 0.6 is 11.6 Å². The maximum atomic E-state index is 15.1. The number of halogens is 3. The number of nitrogens with one attached hydrogen (secondary N) is 1. The lowest BCUT2D eigenvalue weighted by molar-refractivity contribution is -0.168. The number of aromatic nitrogens is 2. The van der Waals surface area contributed by atoms with Gasteiger partial charge >= 0.3 is 5.92 Å². The average Bonchev–Trinajstić information content (AvgIpc) is 2.82. The number of fused-ring (bicyclic) bond motifs is 1. The number of nitrogen functional groups attached to an aromatic ring is 1. The van der Waals surface area contributed by atoms with Gasteiger partial charge in [-0.05, 0) is 51.5 Å². The molecule has 0 aliphatic carbocycles. The summed E-state index contributed by atoms with van der Waals surface area (Å²) in [6.45, 7) is 7.36. The Kier molecular flexibility index (Phi) is 8.36. The maximum absolute atomic E-state index is 15.1. The van der Waals surface area contributed by atoms with Crippen molar-refractivity contribution in [3.63, 3.8) is 0 Å². The lowest BCUT2D eigenvalue weighted by atomic mass is 9.90. The molecule has 4 N–H and O–H groups in total. The molecule has 1 saturated heterocycles. The Morgan fingerprint density at radius 2 is 1.90 bits per heavy atom. The molecule has 0 spiro atoms. The molecule has 39 heavy (non-hydrogen) atoms. The Balaban J connectivity index is 1.66. The zero-order valence-corrected chi connectivity index (χ0v) is 23.2. The lowest BCUT2D eigenvalue weighted by Gasteiger charge is -2.31. The van der Waals surface area contributed by atoms with E-state index in [-0.39, 0.29) is 16.8 Å². The number of nitrogens with zero attached hydrogens (tertiary/aromatic N) is 2. The van der Waals surface area contributed by atoms with Crippen LogP contribution in [0, 0.1) is 6.92 Å². The van der Waals surface area contributed by atoms with Crippen LogP contribution in [-0.4, -0.2) is 60.3 Å². The van der Waals surface area contributed by atoms with E-state index in [1.54, 1.807) is 26.0 Å². The minimum Gasteiger partial charge on any atom is -0.493 e. The number of aliphatic hydroxyl groups is 1. The highest BCUT2D eigenvalue weighted by Gasteiger charge is 2.49. The zero-order chi connectivity index (χ0) is 28.5. The van der Waals surface area contributed by atoms with E-state index in [2.05, 4.69) is 15.3 Å². The van der Waals surface area contributed by atoms with Crippen LogP contribution in [0.2, 0.25) is 5.02 Å². The first kappa shape index (κ1) is 29.0. The Morgan fingerprint density at radius 3 is 2.51 bits per heavy atom. The molecule has 2 heterocycles. The van der Waals surface area contributed by atoms with Crippen molar-refractivity contribution >= 4 is 34.0 Å².